The molecular weight excluding hydrogens is 525 g/mol. The number of rotatable bonds is 8. The molecule has 4 aromatic rings. The SMILES string of the molecule is Cc1ccc(-n2c(CNc3ccc(C)c(Cl)c3)nnc2SCC(=O)Nc2cc(Cl)ccc2Cl)cc1. The Labute approximate surface area is 223 Å². The number of aromatic nitrogens is 3. The van der Waals surface area contributed by atoms with Crippen molar-refractivity contribution in [2.24, 2.45) is 0 Å². The number of hydrogen-bond acceptors (Lipinski definition) is 5. The van der Waals surface area contributed by atoms with Crippen LogP contribution in [-0.4, -0.2) is 26.4 Å². The van der Waals surface area contributed by atoms with Gasteiger partial charge in [0.05, 0.1) is 23.0 Å². The van der Waals surface area contributed by atoms with Gasteiger partial charge in [-0.15, -0.1) is 10.2 Å². The number of nitrogens with zero attached hydrogens (tertiary/aromatic N) is 3. The summed E-state index contributed by atoms with van der Waals surface area (Å²) in [6.45, 7) is 4.41. The second-order valence-corrected chi connectivity index (χ2v) is 10.0. The van der Waals surface area contributed by atoms with Crippen LogP contribution in [0, 0.1) is 13.8 Å². The summed E-state index contributed by atoms with van der Waals surface area (Å²) in [7, 11) is 0. The third-order valence-corrected chi connectivity index (χ3v) is 7.05. The number of amides is 1. The molecule has 0 aliphatic carbocycles. The van der Waals surface area contributed by atoms with E-state index in [0.717, 1.165) is 22.5 Å². The number of aryl methyl sites for hydroxylation is 2. The van der Waals surface area contributed by atoms with Gasteiger partial charge in [0.25, 0.3) is 0 Å². The van der Waals surface area contributed by atoms with E-state index in [4.69, 9.17) is 34.8 Å². The molecule has 6 nitrogen and oxygen atoms in total. The minimum absolute atomic E-state index is 0.119. The molecule has 0 aliphatic heterocycles. The Bertz CT molecular complexity index is 1360. The molecule has 3 aromatic carbocycles. The van der Waals surface area contributed by atoms with Crippen molar-refractivity contribution in [2.75, 3.05) is 16.4 Å². The molecule has 35 heavy (non-hydrogen) atoms. The second-order valence-electron chi connectivity index (χ2n) is 7.85. The Morgan fingerprint density at radius 1 is 0.943 bits per heavy atom. The number of halogens is 3. The molecule has 10 heteroatoms. The van der Waals surface area contributed by atoms with E-state index in [2.05, 4.69) is 20.8 Å². The number of carbonyl (C=O) groups is 1. The summed E-state index contributed by atoms with van der Waals surface area (Å²) >= 11 is 19.7. The van der Waals surface area contributed by atoms with Crippen LogP contribution in [0.1, 0.15) is 17.0 Å². The van der Waals surface area contributed by atoms with E-state index in [0.29, 0.717) is 38.3 Å². The van der Waals surface area contributed by atoms with Gasteiger partial charge in [-0.3, -0.25) is 9.36 Å². The third kappa shape index (κ3) is 6.49. The molecular formula is C25H22Cl3N5OS. The van der Waals surface area contributed by atoms with E-state index in [9.17, 15) is 4.79 Å². The van der Waals surface area contributed by atoms with Gasteiger partial charge in [-0.25, -0.2) is 0 Å². The number of thioether (sulfide) groups is 1. The molecule has 4 rings (SSSR count). The Morgan fingerprint density at radius 2 is 1.71 bits per heavy atom. The first-order chi connectivity index (χ1) is 16.8. The van der Waals surface area contributed by atoms with Crippen molar-refractivity contribution in [2.45, 2.75) is 25.5 Å². The lowest BCUT2D eigenvalue weighted by Crippen LogP contribution is -2.15. The van der Waals surface area contributed by atoms with Gasteiger partial charge < -0.3 is 10.6 Å². The number of nitrogens with one attached hydrogen (secondary N) is 2. The Morgan fingerprint density at radius 3 is 2.46 bits per heavy atom. The van der Waals surface area contributed by atoms with E-state index in [1.807, 2.05) is 60.9 Å². The predicted octanol–water partition coefficient (Wildman–Crippen LogP) is 7.19. The Kier molecular flexibility index (Phi) is 8.23. The van der Waals surface area contributed by atoms with Gasteiger partial charge in [-0.1, -0.05) is 70.3 Å². The van der Waals surface area contributed by atoms with E-state index in [1.54, 1.807) is 18.2 Å². The van der Waals surface area contributed by atoms with Gasteiger partial charge in [-0.2, -0.15) is 0 Å². The fourth-order valence-electron chi connectivity index (χ4n) is 3.26. The first-order valence-electron chi connectivity index (χ1n) is 10.7. The molecule has 0 atom stereocenters. The second kappa shape index (κ2) is 11.4. The van der Waals surface area contributed by atoms with Crippen LogP contribution >= 0.6 is 46.6 Å². The molecule has 1 amide bonds. The van der Waals surface area contributed by atoms with Gasteiger partial charge in [0.15, 0.2) is 11.0 Å². The molecule has 0 bridgehead atoms. The maximum Gasteiger partial charge on any atom is 0.234 e. The van der Waals surface area contributed by atoms with Crippen molar-refractivity contribution < 1.29 is 4.79 Å². The highest BCUT2D eigenvalue weighted by Gasteiger charge is 2.17. The monoisotopic (exact) mass is 545 g/mol. The maximum atomic E-state index is 12.6. The minimum Gasteiger partial charge on any atom is -0.378 e. The highest BCUT2D eigenvalue weighted by atomic mass is 35.5. The quantitative estimate of drug-likeness (QED) is 0.229. The fourth-order valence-corrected chi connectivity index (χ4v) is 4.54. The van der Waals surface area contributed by atoms with Crippen molar-refractivity contribution in [1.82, 2.24) is 14.8 Å². The summed E-state index contributed by atoms with van der Waals surface area (Å²) in [5.74, 6) is 0.589. The molecule has 1 heterocycles. The van der Waals surface area contributed by atoms with Crippen LogP contribution in [0.5, 0.6) is 0 Å². The summed E-state index contributed by atoms with van der Waals surface area (Å²) in [6.07, 6.45) is 0. The van der Waals surface area contributed by atoms with Crippen molar-refractivity contribution in [3.8, 4) is 5.69 Å². The Hall–Kier alpha value is -2.71. The third-order valence-electron chi connectivity index (χ3n) is 5.15. The number of anilines is 2. The molecule has 2 N–H and O–H groups in total. The first kappa shape index (κ1) is 25.4. The smallest absolute Gasteiger partial charge is 0.234 e. The minimum atomic E-state index is -0.230. The summed E-state index contributed by atoms with van der Waals surface area (Å²) in [5.41, 5.74) is 4.40. The average molecular weight is 547 g/mol. The average Bonchev–Trinajstić information content (AvgIpc) is 3.24. The maximum absolute atomic E-state index is 12.6. The van der Waals surface area contributed by atoms with Crippen molar-refractivity contribution >= 4 is 63.8 Å². The number of carbonyl (C=O) groups excluding carboxylic acids is 1. The highest BCUT2D eigenvalue weighted by molar-refractivity contribution is 7.99. The molecule has 0 unspecified atom stereocenters. The molecule has 0 fully saturated rings. The van der Waals surface area contributed by atoms with Gasteiger partial charge in [-0.05, 0) is 61.9 Å². The van der Waals surface area contributed by atoms with Crippen LogP contribution in [0.3, 0.4) is 0 Å². The molecule has 180 valence electrons. The lowest BCUT2D eigenvalue weighted by molar-refractivity contribution is -0.113. The predicted molar refractivity (Wildman–Crippen MR) is 145 cm³/mol. The molecule has 0 aliphatic rings. The lowest BCUT2D eigenvalue weighted by atomic mass is 10.2. The van der Waals surface area contributed by atoms with Crippen LogP contribution in [-0.2, 0) is 11.3 Å². The molecule has 0 radical (unpaired) electrons. The molecule has 0 spiro atoms. The van der Waals surface area contributed by atoms with Gasteiger partial charge in [0.2, 0.25) is 5.91 Å². The van der Waals surface area contributed by atoms with Gasteiger partial charge in [0, 0.05) is 21.4 Å². The lowest BCUT2D eigenvalue weighted by Gasteiger charge is -2.12. The zero-order valence-corrected chi connectivity index (χ0v) is 22.1. The van der Waals surface area contributed by atoms with Crippen molar-refractivity contribution in [1.29, 1.82) is 0 Å². The van der Waals surface area contributed by atoms with Gasteiger partial charge >= 0.3 is 0 Å². The largest absolute Gasteiger partial charge is 0.378 e. The molecule has 1 aromatic heterocycles. The Balaban J connectivity index is 1.52. The zero-order valence-electron chi connectivity index (χ0n) is 19.0. The number of hydrogen-bond donors (Lipinski definition) is 2. The van der Waals surface area contributed by atoms with Crippen molar-refractivity contribution in [3.63, 3.8) is 0 Å². The van der Waals surface area contributed by atoms with E-state index in [-0.39, 0.29) is 11.7 Å². The van der Waals surface area contributed by atoms with Crippen LogP contribution in [0.25, 0.3) is 5.69 Å². The first-order valence-corrected chi connectivity index (χ1v) is 12.8. The zero-order chi connectivity index (χ0) is 24.9. The normalized spacial score (nSPS) is 10.9. The molecule has 0 saturated heterocycles. The standard InChI is InChI=1S/C25H22Cl3N5OS/c1-15-3-8-19(9-4-15)33-23(13-29-18-7-5-16(2)21(28)12-18)31-32-25(33)35-14-24(34)30-22-11-17(26)6-10-20(22)27/h3-12,29H,13-14H2,1-2H3,(H,30,34). The van der Waals surface area contributed by atoms with Gasteiger partial charge in [0.1, 0.15) is 0 Å². The van der Waals surface area contributed by atoms with E-state index >= 15 is 0 Å². The molecule has 0 saturated carbocycles. The highest BCUT2D eigenvalue weighted by Crippen LogP contribution is 2.27. The summed E-state index contributed by atoms with van der Waals surface area (Å²) < 4.78 is 1.94. The topological polar surface area (TPSA) is 71.8 Å². The van der Waals surface area contributed by atoms with Crippen LogP contribution < -0.4 is 10.6 Å². The van der Waals surface area contributed by atoms with Crippen LogP contribution in [0.15, 0.2) is 65.8 Å². The van der Waals surface area contributed by atoms with Crippen molar-refractivity contribution in [3.05, 3.63) is 92.7 Å². The fraction of sp³-hybridized carbons (Fsp3) is 0.160. The summed E-state index contributed by atoms with van der Waals surface area (Å²) in [4.78, 5) is 12.6. The summed E-state index contributed by atoms with van der Waals surface area (Å²) in [6, 6.07) is 18.8. The van der Waals surface area contributed by atoms with Crippen LogP contribution in [0.2, 0.25) is 15.1 Å². The van der Waals surface area contributed by atoms with E-state index in [1.165, 1.54) is 11.8 Å². The van der Waals surface area contributed by atoms with Crippen LogP contribution in [0.4, 0.5) is 11.4 Å². The van der Waals surface area contributed by atoms with E-state index < -0.39 is 0 Å². The number of benzene rings is 3. The summed E-state index contributed by atoms with van der Waals surface area (Å²) in [5, 5.41) is 17.1.